The Kier molecular flexibility index (Phi) is 5.92. The standard InChI is InChI=1S/C12H22O11/c13-1-4-6(16)7(17)8(18)11(21-4)22-9-5(2-14)23-12(20,3-15)10(9)19/h4-11,13-20H,1-3H2/t4?,5?,6?,7?,8?,9?,10?,11-,12+/m1/s1. The van der Waals surface area contributed by atoms with E-state index in [0.29, 0.717) is 0 Å². The summed E-state index contributed by atoms with van der Waals surface area (Å²) in [5.74, 6) is -2.37. The van der Waals surface area contributed by atoms with Gasteiger partial charge in [-0.1, -0.05) is 0 Å². The van der Waals surface area contributed by atoms with Crippen LogP contribution in [0.4, 0.5) is 0 Å². The largest absolute Gasteiger partial charge is 0.394 e. The third kappa shape index (κ3) is 3.36. The molecule has 2 heterocycles. The molecule has 2 saturated heterocycles. The zero-order valence-corrected chi connectivity index (χ0v) is 12.0. The van der Waals surface area contributed by atoms with E-state index in [1.165, 1.54) is 0 Å². The molecule has 7 unspecified atom stereocenters. The van der Waals surface area contributed by atoms with Crippen molar-refractivity contribution in [2.75, 3.05) is 19.8 Å². The Bertz CT molecular complexity index is 393. The van der Waals surface area contributed by atoms with Gasteiger partial charge >= 0.3 is 0 Å². The maximum Gasteiger partial charge on any atom is 0.219 e. The first-order chi connectivity index (χ1) is 10.8. The summed E-state index contributed by atoms with van der Waals surface area (Å²) in [5.41, 5.74) is 0. The zero-order chi connectivity index (χ0) is 17.4. The third-order valence-corrected chi connectivity index (χ3v) is 4.04. The van der Waals surface area contributed by atoms with Crippen molar-refractivity contribution < 1.29 is 55.1 Å². The van der Waals surface area contributed by atoms with Crippen molar-refractivity contribution in [1.29, 1.82) is 0 Å². The molecule has 0 saturated carbocycles. The van der Waals surface area contributed by atoms with Gasteiger partial charge in [-0.3, -0.25) is 0 Å². The maximum absolute atomic E-state index is 10.00. The quantitative estimate of drug-likeness (QED) is 0.238. The molecule has 0 spiro atoms. The molecule has 9 atom stereocenters. The molecular formula is C12H22O11. The molecule has 0 aromatic heterocycles. The molecule has 8 N–H and O–H groups in total. The van der Waals surface area contributed by atoms with Crippen molar-refractivity contribution in [3.8, 4) is 0 Å². The molecule has 136 valence electrons. The van der Waals surface area contributed by atoms with Gasteiger partial charge in [-0.15, -0.1) is 0 Å². The molecule has 2 aliphatic rings. The summed E-state index contributed by atoms with van der Waals surface area (Å²) in [6, 6.07) is 0. The van der Waals surface area contributed by atoms with E-state index in [9.17, 15) is 30.6 Å². The van der Waals surface area contributed by atoms with Crippen LogP contribution < -0.4 is 0 Å². The Morgan fingerprint density at radius 2 is 1.48 bits per heavy atom. The lowest BCUT2D eigenvalue weighted by Crippen LogP contribution is -2.60. The highest BCUT2D eigenvalue weighted by molar-refractivity contribution is 4.98. The molecule has 2 rings (SSSR count). The van der Waals surface area contributed by atoms with Gasteiger partial charge in [-0.25, -0.2) is 0 Å². The Balaban J connectivity index is 2.13. The number of aliphatic hydroxyl groups excluding tert-OH is 7. The fraction of sp³-hybridized carbons (Fsp3) is 1.00. The Labute approximate surface area is 130 Å². The molecule has 0 aromatic carbocycles. The second-order valence-electron chi connectivity index (χ2n) is 5.58. The zero-order valence-electron chi connectivity index (χ0n) is 12.0. The molecule has 23 heavy (non-hydrogen) atoms. The molecule has 0 amide bonds. The summed E-state index contributed by atoms with van der Waals surface area (Å²) in [4.78, 5) is 0. The lowest BCUT2D eigenvalue weighted by Gasteiger charge is -2.41. The fourth-order valence-corrected chi connectivity index (χ4v) is 2.63. The molecule has 11 nitrogen and oxygen atoms in total. The summed E-state index contributed by atoms with van der Waals surface area (Å²) < 4.78 is 15.3. The SMILES string of the molecule is OCC1O[C@H](OC2C(CO)O[C@@](O)(CO)C2O)C(O)C(O)C1O. The first-order valence-corrected chi connectivity index (χ1v) is 7.05. The van der Waals surface area contributed by atoms with Crippen molar-refractivity contribution >= 4 is 0 Å². The van der Waals surface area contributed by atoms with E-state index < -0.39 is 74.6 Å². The van der Waals surface area contributed by atoms with Crippen LogP contribution in [0, 0.1) is 0 Å². The van der Waals surface area contributed by atoms with Crippen molar-refractivity contribution in [3.63, 3.8) is 0 Å². The number of aliphatic hydroxyl groups is 8. The van der Waals surface area contributed by atoms with E-state index in [2.05, 4.69) is 0 Å². The average molecular weight is 342 g/mol. The van der Waals surface area contributed by atoms with Crippen LogP contribution in [-0.4, -0.2) is 115 Å². The molecule has 0 aromatic rings. The smallest absolute Gasteiger partial charge is 0.219 e. The Hall–Kier alpha value is -0.440. The maximum atomic E-state index is 10.00. The summed E-state index contributed by atoms with van der Waals surface area (Å²) in [6.07, 6.45) is -12.2. The van der Waals surface area contributed by atoms with Crippen LogP contribution in [-0.2, 0) is 14.2 Å². The highest BCUT2D eigenvalue weighted by Gasteiger charge is 2.56. The van der Waals surface area contributed by atoms with Gasteiger partial charge in [0.25, 0.3) is 0 Å². The Morgan fingerprint density at radius 1 is 0.870 bits per heavy atom. The van der Waals surface area contributed by atoms with E-state index in [1.807, 2.05) is 0 Å². The molecular weight excluding hydrogens is 320 g/mol. The van der Waals surface area contributed by atoms with E-state index in [4.69, 9.17) is 24.4 Å². The highest BCUT2D eigenvalue weighted by atomic mass is 16.7. The van der Waals surface area contributed by atoms with Gasteiger partial charge in [-0.05, 0) is 0 Å². The van der Waals surface area contributed by atoms with E-state index in [-0.39, 0.29) is 0 Å². The van der Waals surface area contributed by atoms with Crippen LogP contribution in [0.2, 0.25) is 0 Å². The predicted octanol–water partition coefficient (Wildman–Crippen LogP) is -5.40. The Morgan fingerprint density at radius 3 is 2.00 bits per heavy atom. The topological polar surface area (TPSA) is 190 Å². The van der Waals surface area contributed by atoms with Crippen LogP contribution in [0.15, 0.2) is 0 Å². The highest BCUT2D eigenvalue weighted by Crippen LogP contribution is 2.33. The van der Waals surface area contributed by atoms with E-state index in [0.717, 1.165) is 0 Å². The van der Waals surface area contributed by atoms with E-state index in [1.54, 1.807) is 0 Å². The second kappa shape index (κ2) is 7.21. The van der Waals surface area contributed by atoms with Gasteiger partial charge in [0.1, 0.15) is 42.7 Å². The number of hydrogen-bond donors (Lipinski definition) is 8. The molecule has 0 aliphatic carbocycles. The monoisotopic (exact) mass is 342 g/mol. The molecule has 0 bridgehead atoms. The fourth-order valence-electron chi connectivity index (χ4n) is 2.63. The van der Waals surface area contributed by atoms with Gasteiger partial charge in [0.15, 0.2) is 6.29 Å². The minimum absolute atomic E-state index is 0.668. The first kappa shape index (κ1) is 18.9. The van der Waals surface area contributed by atoms with Crippen molar-refractivity contribution in [2.24, 2.45) is 0 Å². The van der Waals surface area contributed by atoms with Crippen molar-refractivity contribution in [2.45, 2.75) is 54.8 Å². The van der Waals surface area contributed by atoms with E-state index >= 15 is 0 Å². The number of rotatable bonds is 5. The molecule has 11 heteroatoms. The van der Waals surface area contributed by atoms with Crippen molar-refractivity contribution in [3.05, 3.63) is 0 Å². The normalized spacial score (nSPS) is 51.1. The summed E-state index contributed by atoms with van der Waals surface area (Å²) >= 11 is 0. The van der Waals surface area contributed by atoms with Crippen LogP contribution in [0.3, 0.4) is 0 Å². The minimum Gasteiger partial charge on any atom is -0.394 e. The van der Waals surface area contributed by atoms with Gasteiger partial charge in [0, 0.05) is 0 Å². The lowest BCUT2D eigenvalue weighted by atomic mass is 9.99. The molecule has 0 radical (unpaired) electrons. The van der Waals surface area contributed by atoms with Crippen molar-refractivity contribution in [1.82, 2.24) is 0 Å². The number of hydrogen-bond acceptors (Lipinski definition) is 11. The first-order valence-electron chi connectivity index (χ1n) is 7.05. The summed E-state index contributed by atoms with van der Waals surface area (Å²) in [6.45, 7) is -2.32. The van der Waals surface area contributed by atoms with Gasteiger partial charge < -0.3 is 55.1 Å². The van der Waals surface area contributed by atoms with Gasteiger partial charge in [0.05, 0.1) is 19.8 Å². The summed E-state index contributed by atoms with van der Waals surface area (Å²) in [5, 5.41) is 76.5. The second-order valence-corrected chi connectivity index (χ2v) is 5.58. The number of ether oxygens (including phenoxy) is 3. The lowest BCUT2D eigenvalue weighted by molar-refractivity contribution is -0.318. The van der Waals surface area contributed by atoms with Crippen LogP contribution >= 0.6 is 0 Å². The minimum atomic E-state index is -2.37. The average Bonchev–Trinajstić information content (AvgIpc) is 2.80. The van der Waals surface area contributed by atoms with Gasteiger partial charge in [-0.2, -0.15) is 0 Å². The summed E-state index contributed by atoms with van der Waals surface area (Å²) in [7, 11) is 0. The van der Waals surface area contributed by atoms with Crippen LogP contribution in [0.1, 0.15) is 0 Å². The third-order valence-electron chi connectivity index (χ3n) is 4.04. The van der Waals surface area contributed by atoms with Crippen LogP contribution in [0.25, 0.3) is 0 Å². The molecule has 2 aliphatic heterocycles. The predicted molar refractivity (Wildman–Crippen MR) is 68.6 cm³/mol. The van der Waals surface area contributed by atoms with Crippen LogP contribution in [0.5, 0.6) is 0 Å². The molecule has 2 fully saturated rings. The van der Waals surface area contributed by atoms with Gasteiger partial charge in [0.2, 0.25) is 5.79 Å².